The molecule has 0 radical (unpaired) electrons. The number of halogens is 1. The summed E-state index contributed by atoms with van der Waals surface area (Å²) in [6.07, 6.45) is -0.125. The summed E-state index contributed by atoms with van der Waals surface area (Å²) in [7, 11) is -3.60. The number of nitrogens with one attached hydrogen (secondary N) is 1. The molecule has 2 aromatic rings. The Morgan fingerprint density at radius 2 is 1.76 bits per heavy atom. The normalized spacial score (nSPS) is 11.5. The molecule has 1 N–H and O–H groups in total. The first-order valence-corrected chi connectivity index (χ1v) is 9.46. The Hall–Kier alpha value is -2.25. The molecule has 2 aromatic carbocycles. The van der Waals surface area contributed by atoms with Gasteiger partial charge in [0, 0.05) is 18.8 Å². The number of benzene rings is 2. The molecular weight excluding hydrogens is 343 g/mol. The molecular formula is C18H21FN2O3S. The van der Waals surface area contributed by atoms with Crippen LogP contribution in [0.2, 0.25) is 0 Å². The number of anilines is 1. The molecule has 0 bridgehead atoms. The molecule has 0 fully saturated rings. The van der Waals surface area contributed by atoms with Gasteiger partial charge in [-0.1, -0.05) is 38.1 Å². The highest BCUT2D eigenvalue weighted by molar-refractivity contribution is 7.89. The van der Waals surface area contributed by atoms with Crippen LogP contribution in [0.3, 0.4) is 0 Å². The van der Waals surface area contributed by atoms with Crippen molar-refractivity contribution in [2.24, 2.45) is 0 Å². The van der Waals surface area contributed by atoms with Gasteiger partial charge in [-0.2, -0.15) is 4.31 Å². The second-order valence-electron chi connectivity index (χ2n) is 5.43. The largest absolute Gasteiger partial charge is 0.326 e. The summed E-state index contributed by atoms with van der Waals surface area (Å²) in [5.74, 6) is -0.863. The lowest BCUT2D eigenvalue weighted by atomic mass is 10.1. The van der Waals surface area contributed by atoms with Gasteiger partial charge in [-0.15, -0.1) is 0 Å². The van der Waals surface area contributed by atoms with E-state index < -0.39 is 21.7 Å². The van der Waals surface area contributed by atoms with Crippen molar-refractivity contribution in [3.8, 4) is 0 Å². The van der Waals surface area contributed by atoms with Crippen molar-refractivity contribution in [2.45, 2.75) is 25.2 Å². The minimum absolute atomic E-state index is 0.111. The molecule has 0 atom stereocenters. The van der Waals surface area contributed by atoms with E-state index in [1.54, 1.807) is 38.1 Å². The van der Waals surface area contributed by atoms with E-state index in [-0.39, 0.29) is 16.9 Å². The van der Waals surface area contributed by atoms with Crippen LogP contribution in [0.5, 0.6) is 0 Å². The van der Waals surface area contributed by atoms with Crippen LogP contribution >= 0.6 is 0 Å². The number of rotatable bonds is 7. The van der Waals surface area contributed by atoms with Crippen molar-refractivity contribution < 1.29 is 17.6 Å². The van der Waals surface area contributed by atoms with Crippen molar-refractivity contribution >= 4 is 21.6 Å². The molecule has 0 saturated carbocycles. The minimum Gasteiger partial charge on any atom is -0.326 e. The molecule has 0 spiro atoms. The van der Waals surface area contributed by atoms with Gasteiger partial charge >= 0.3 is 0 Å². The lowest BCUT2D eigenvalue weighted by Gasteiger charge is -2.18. The van der Waals surface area contributed by atoms with E-state index >= 15 is 0 Å². The van der Waals surface area contributed by atoms with Crippen LogP contribution in [0.4, 0.5) is 10.1 Å². The first-order valence-electron chi connectivity index (χ1n) is 8.02. The fourth-order valence-corrected chi connectivity index (χ4v) is 3.97. The number of amides is 1. The maximum absolute atomic E-state index is 13.6. The zero-order valence-electron chi connectivity index (χ0n) is 14.2. The summed E-state index contributed by atoms with van der Waals surface area (Å²) in [6, 6.07) is 12.1. The predicted octanol–water partition coefficient (Wildman–Crippen LogP) is 3.04. The molecule has 0 aliphatic carbocycles. The molecule has 0 aromatic heterocycles. The Kier molecular flexibility index (Phi) is 6.27. The topological polar surface area (TPSA) is 66.5 Å². The average molecular weight is 364 g/mol. The number of hydrogen-bond acceptors (Lipinski definition) is 3. The van der Waals surface area contributed by atoms with Gasteiger partial charge in [0.05, 0.1) is 11.3 Å². The zero-order valence-corrected chi connectivity index (χ0v) is 15.0. The second kappa shape index (κ2) is 8.22. The molecule has 0 aliphatic rings. The van der Waals surface area contributed by atoms with Gasteiger partial charge in [0.25, 0.3) is 0 Å². The molecule has 7 heteroatoms. The smallest absolute Gasteiger partial charge is 0.243 e. The van der Waals surface area contributed by atoms with Crippen molar-refractivity contribution in [2.75, 3.05) is 18.4 Å². The van der Waals surface area contributed by atoms with E-state index in [0.717, 1.165) is 0 Å². The number of hydrogen-bond donors (Lipinski definition) is 1. The van der Waals surface area contributed by atoms with E-state index in [1.807, 2.05) is 0 Å². The Morgan fingerprint density at radius 1 is 1.08 bits per heavy atom. The van der Waals surface area contributed by atoms with Gasteiger partial charge in [-0.25, -0.2) is 12.8 Å². The molecule has 1 amide bonds. The minimum atomic E-state index is -3.60. The highest BCUT2D eigenvalue weighted by Gasteiger charge is 2.21. The molecule has 25 heavy (non-hydrogen) atoms. The molecule has 0 saturated heterocycles. The number of nitrogens with zero attached hydrogens (tertiary/aromatic N) is 1. The van der Waals surface area contributed by atoms with Crippen LogP contribution in [0.25, 0.3) is 0 Å². The van der Waals surface area contributed by atoms with Crippen molar-refractivity contribution in [3.05, 3.63) is 59.9 Å². The molecule has 134 valence electrons. The number of carbonyl (C=O) groups excluding carboxylic acids is 1. The monoisotopic (exact) mass is 364 g/mol. The van der Waals surface area contributed by atoms with Crippen LogP contribution in [-0.4, -0.2) is 31.7 Å². The maximum atomic E-state index is 13.6. The van der Waals surface area contributed by atoms with E-state index in [9.17, 15) is 17.6 Å². The summed E-state index contributed by atoms with van der Waals surface area (Å²) in [5.41, 5.74) is 0.640. The number of carbonyl (C=O) groups is 1. The summed E-state index contributed by atoms with van der Waals surface area (Å²) in [6.45, 7) is 4.26. The summed E-state index contributed by atoms with van der Waals surface area (Å²) < 4.78 is 40.0. The van der Waals surface area contributed by atoms with Crippen LogP contribution < -0.4 is 5.32 Å². The summed E-state index contributed by atoms with van der Waals surface area (Å²) in [5, 5.41) is 2.62. The van der Waals surface area contributed by atoms with Gasteiger partial charge in [0.2, 0.25) is 15.9 Å². The lowest BCUT2D eigenvalue weighted by Crippen LogP contribution is -2.30. The third kappa shape index (κ3) is 4.64. The highest BCUT2D eigenvalue weighted by atomic mass is 32.2. The SMILES string of the molecule is CCN(CC)S(=O)(=O)c1cccc(NC(=O)Cc2ccccc2F)c1. The van der Waals surface area contributed by atoms with Gasteiger partial charge in [-0.05, 0) is 29.8 Å². The number of sulfonamides is 1. The molecule has 2 rings (SSSR count). The summed E-state index contributed by atoms with van der Waals surface area (Å²) in [4.78, 5) is 12.2. The second-order valence-corrected chi connectivity index (χ2v) is 7.37. The fraction of sp³-hybridized carbons (Fsp3) is 0.278. The first kappa shape index (κ1) is 19.1. The van der Waals surface area contributed by atoms with Crippen molar-refractivity contribution in [1.82, 2.24) is 4.31 Å². The van der Waals surface area contributed by atoms with E-state index in [4.69, 9.17) is 0 Å². The third-order valence-corrected chi connectivity index (χ3v) is 5.82. The highest BCUT2D eigenvalue weighted by Crippen LogP contribution is 2.20. The van der Waals surface area contributed by atoms with Crippen LogP contribution in [-0.2, 0) is 21.2 Å². The van der Waals surface area contributed by atoms with Gasteiger partial charge < -0.3 is 5.32 Å². The average Bonchev–Trinajstić information content (AvgIpc) is 2.58. The molecule has 0 heterocycles. The van der Waals surface area contributed by atoms with Crippen molar-refractivity contribution in [1.29, 1.82) is 0 Å². The summed E-state index contributed by atoms with van der Waals surface area (Å²) >= 11 is 0. The van der Waals surface area contributed by atoms with Gasteiger partial charge in [0.1, 0.15) is 5.82 Å². The Labute approximate surface area is 147 Å². The fourth-order valence-electron chi connectivity index (χ4n) is 2.47. The Balaban J connectivity index is 2.16. The van der Waals surface area contributed by atoms with Crippen molar-refractivity contribution in [3.63, 3.8) is 0 Å². The van der Waals surface area contributed by atoms with Gasteiger partial charge in [-0.3, -0.25) is 4.79 Å². The van der Waals surface area contributed by atoms with Crippen LogP contribution in [0, 0.1) is 5.82 Å². The first-order chi connectivity index (χ1) is 11.9. The third-order valence-electron chi connectivity index (χ3n) is 3.77. The molecule has 0 unspecified atom stereocenters. The maximum Gasteiger partial charge on any atom is 0.243 e. The van der Waals surface area contributed by atoms with Crippen LogP contribution in [0.15, 0.2) is 53.4 Å². The van der Waals surface area contributed by atoms with Crippen LogP contribution in [0.1, 0.15) is 19.4 Å². The predicted molar refractivity (Wildman–Crippen MR) is 95.3 cm³/mol. The van der Waals surface area contributed by atoms with E-state index in [2.05, 4.69) is 5.32 Å². The van der Waals surface area contributed by atoms with E-state index in [0.29, 0.717) is 18.8 Å². The lowest BCUT2D eigenvalue weighted by molar-refractivity contribution is -0.115. The molecule has 0 aliphatic heterocycles. The molecule has 5 nitrogen and oxygen atoms in total. The zero-order chi connectivity index (χ0) is 18.4. The Bertz CT molecular complexity index is 849. The van der Waals surface area contributed by atoms with Gasteiger partial charge in [0.15, 0.2) is 0 Å². The quantitative estimate of drug-likeness (QED) is 0.821. The standard InChI is InChI=1S/C18H21FN2O3S/c1-3-21(4-2)25(23,24)16-10-7-9-15(13-16)20-18(22)12-14-8-5-6-11-17(14)19/h5-11,13H,3-4,12H2,1-2H3,(H,20,22). The van der Waals surface area contributed by atoms with E-state index in [1.165, 1.54) is 28.6 Å². The Morgan fingerprint density at radius 3 is 2.40 bits per heavy atom.